The Hall–Kier alpha value is 0.230. The van der Waals surface area contributed by atoms with E-state index in [-0.39, 0.29) is 6.29 Å². The van der Waals surface area contributed by atoms with Crippen LogP contribution in [0.5, 0.6) is 0 Å². The van der Waals surface area contributed by atoms with E-state index in [2.05, 4.69) is 42.5 Å². The Morgan fingerprint density at radius 1 is 1.53 bits per heavy atom. The van der Waals surface area contributed by atoms with Gasteiger partial charge in [-0.15, -0.1) is 0 Å². The average molecular weight is 352 g/mol. The molecule has 0 bridgehead atoms. The standard InChI is InChI=1S/C14H25IO2/c1-3-4-7-12(2)9-10-13(15)17-14-8-5-6-11-16-14/h10,12,14H,3-9,11H2,1-2H3/b13-10-. The lowest BCUT2D eigenvalue weighted by Crippen LogP contribution is -2.21. The lowest BCUT2D eigenvalue weighted by molar-refractivity contribution is -0.131. The van der Waals surface area contributed by atoms with Gasteiger partial charge in [0.15, 0.2) is 10.1 Å². The molecule has 0 aromatic rings. The van der Waals surface area contributed by atoms with Crippen LogP contribution in [-0.2, 0) is 9.47 Å². The first-order chi connectivity index (χ1) is 8.22. The molecule has 100 valence electrons. The number of unbranched alkanes of at least 4 members (excludes halogenated alkanes) is 1. The SMILES string of the molecule is CCCCC(C)C/C=C(/I)OC1CCCCO1. The van der Waals surface area contributed by atoms with Gasteiger partial charge in [0.05, 0.1) is 6.61 Å². The Balaban J connectivity index is 2.18. The van der Waals surface area contributed by atoms with Gasteiger partial charge in [-0.2, -0.15) is 0 Å². The van der Waals surface area contributed by atoms with E-state index in [4.69, 9.17) is 9.47 Å². The van der Waals surface area contributed by atoms with Crippen LogP contribution >= 0.6 is 22.6 Å². The summed E-state index contributed by atoms with van der Waals surface area (Å²) >= 11 is 2.27. The van der Waals surface area contributed by atoms with Crippen molar-refractivity contribution in [1.29, 1.82) is 0 Å². The Morgan fingerprint density at radius 3 is 3.00 bits per heavy atom. The van der Waals surface area contributed by atoms with Crippen molar-refractivity contribution in [2.45, 2.75) is 65.1 Å². The molecule has 1 heterocycles. The average Bonchev–Trinajstić information content (AvgIpc) is 2.35. The van der Waals surface area contributed by atoms with Crippen LogP contribution in [0.4, 0.5) is 0 Å². The highest BCUT2D eigenvalue weighted by Crippen LogP contribution is 2.22. The van der Waals surface area contributed by atoms with E-state index in [9.17, 15) is 0 Å². The second kappa shape index (κ2) is 9.20. The first-order valence-electron chi connectivity index (χ1n) is 6.86. The number of hydrogen-bond donors (Lipinski definition) is 0. The van der Waals surface area contributed by atoms with Gasteiger partial charge in [-0.05, 0) is 53.8 Å². The summed E-state index contributed by atoms with van der Waals surface area (Å²) in [5.74, 6) is 0.760. The van der Waals surface area contributed by atoms with E-state index in [1.807, 2.05) is 0 Å². The van der Waals surface area contributed by atoms with Gasteiger partial charge in [-0.25, -0.2) is 0 Å². The zero-order valence-electron chi connectivity index (χ0n) is 11.1. The van der Waals surface area contributed by atoms with Crippen LogP contribution in [0.1, 0.15) is 58.8 Å². The molecule has 1 saturated heterocycles. The van der Waals surface area contributed by atoms with E-state index >= 15 is 0 Å². The van der Waals surface area contributed by atoms with Gasteiger partial charge in [0.1, 0.15) is 0 Å². The number of rotatable bonds is 7. The minimum atomic E-state index is -0.00199. The van der Waals surface area contributed by atoms with Crippen LogP contribution in [-0.4, -0.2) is 12.9 Å². The van der Waals surface area contributed by atoms with Crippen molar-refractivity contribution in [2.75, 3.05) is 6.61 Å². The largest absolute Gasteiger partial charge is 0.459 e. The van der Waals surface area contributed by atoms with Crippen LogP contribution < -0.4 is 0 Å². The fourth-order valence-corrected chi connectivity index (χ4v) is 2.48. The van der Waals surface area contributed by atoms with Gasteiger partial charge in [0.25, 0.3) is 0 Å². The maximum atomic E-state index is 5.77. The first kappa shape index (κ1) is 15.3. The molecule has 0 radical (unpaired) electrons. The molecule has 2 unspecified atom stereocenters. The molecule has 2 atom stereocenters. The summed E-state index contributed by atoms with van der Waals surface area (Å²) in [6.45, 7) is 5.41. The molecule has 0 aromatic carbocycles. The van der Waals surface area contributed by atoms with Crippen LogP contribution in [0.2, 0.25) is 0 Å². The molecule has 0 spiro atoms. The van der Waals surface area contributed by atoms with E-state index in [0.717, 1.165) is 29.1 Å². The van der Waals surface area contributed by atoms with Gasteiger partial charge in [0, 0.05) is 6.42 Å². The number of ether oxygens (including phenoxy) is 2. The first-order valence-corrected chi connectivity index (χ1v) is 7.94. The fourth-order valence-electron chi connectivity index (χ4n) is 1.94. The molecule has 1 aliphatic rings. The van der Waals surface area contributed by atoms with Gasteiger partial charge in [-0.3, -0.25) is 0 Å². The van der Waals surface area contributed by atoms with E-state index < -0.39 is 0 Å². The highest BCUT2D eigenvalue weighted by Gasteiger charge is 2.15. The van der Waals surface area contributed by atoms with Crippen molar-refractivity contribution in [2.24, 2.45) is 5.92 Å². The van der Waals surface area contributed by atoms with Gasteiger partial charge >= 0.3 is 0 Å². The van der Waals surface area contributed by atoms with E-state index in [0.29, 0.717) is 0 Å². The summed E-state index contributed by atoms with van der Waals surface area (Å²) in [5, 5.41) is 0. The van der Waals surface area contributed by atoms with Crippen molar-refractivity contribution in [3.8, 4) is 0 Å². The zero-order chi connectivity index (χ0) is 12.5. The lowest BCUT2D eigenvalue weighted by atomic mass is 10.0. The minimum absolute atomic E-state index is 0.00199. The summed E-state index contributed by atoms with van der Waals surface area (Å²) in [6.07, 6.45) is 10.7. The van der Waals surface area contributed by atoms with Crippen molar-refractivity contribution >= 4 is 22.6 Å². The molecule has 0 amide bonds. The van der Waals surface area contributed by atoms with Gasteiger partial charge in [-0.1, -0.05) is 33.1 Å². The topological polar surface area (TPSA) is 18.5 Å². The lowest BCUT2D eigenvalue weighted by Gasteiger charge is -2.23. The molecule has 1 aliphatic heterocycles. The molecule has 2 nitrogen and oxygen atoms in total. The van der Waals surface area contributed by atoms with Crippen LogP contribution in [0.25, 0.3) is 0 Å². The van der Waals surface area contributed by atoms with Crippen LogP contribution in [0.15, 0.2) is 9.84 Å². The monoisotopic (exact) mass is 352 g/mol. The molecule has 0 N–H and O–H groups in total. The van der Waals surface area contributed by atoms with E-state index in [1.54, 1.807) is 0 Å². The van der Waals surface area contributed by atoms with Crippen molar-refractivity contribution < 1.29 is 9.47 Å². The summed E-state index contributed by atoms with van der Waals surface area (Å²) in [4.78, 5) is 0. The molecule has 1 fully saturated rings. The minimum Gasteiger partial charge on any atom is -0.459 e. The predicted molar refractivity (Wildman–Crippen MR) is 80.1 cm³/mol. The summed E-state index contributed by atoms with van der Waals surface area (Å²) in [6, 6.07) is 0. The van der Waals surface area contributed by atoms with Crippen molar-refractivity contribution in [3.05, 3.63) is 9.84 Å². The fraction of sp³-hybridized carbons (Fsp3) is 0.857. The normalized spacial score (nSPS) is 23.5. The quantitative estimate of drug-likeness (QED) is 0.473. The summed E-state index contributed by atoms with van der Waals surface area (Å²) in [7, 11) is 0. The Kier molecular flexibility index (Phi) is 8.27. The van der Waals surface area contributed by atoms with E-state index in [1.165, 1.54) is 32.1 Å². The Labute approximate surface area is 119 Å². The Morgan fingerprint density at radius 2 is 2.35 bits per heavy atom. The van der Waals surface area contributed by atoms with Crippen LogP contribution in [0, 0.1) is 5.92 Å². The molecular weight excluding hydrogens is 327 g/mol. The third kappa shape index (κ3) is 7.29. The third-order valence-electron chi connectivity index (χ3n) is 3.11. The third-order valence-corrected chi connectivity index (χ3v) is 3.81. The zero-order valence-corrected chi connectivity index (χ0v) is 13.2. The Bertz CT molecular complexity index is 222. The molecule has 3 heteroatoms. The molecule has 1 rings (SSSR count). The smallest absolute Gasteiger partial charge is 0.200 e. The maximum Gasteiger partial charge on any atom is 0.200 e. The second-order valence-corrected chi connectivity index (χ2v) is 5.97. The van der Waals surface area contributed by atoms with Crippen molar-refractivity contribution in [3.63, 3.8) is 0 Å². The number of allylic oxidation sites excluding steroid dienone is 1. The maximum absolute atomic E-state index is 5.77. The molecular formula is C14H25IO2. The second-order valence-electron chi connectivity index (χ2n) is 4.91. The van der Waals surface area contributed by atoms with Crippen molar-refractivity contribution in [1.82, 2.24) is 0 Å². The number of hydrogen-bond acceptors (Lipinski definition) is 2. The molecule has 17 heavy (non-hydrogen) atoms. The highest BCUT2D eigenvalue weighted by molar-refractivity contribution is 14.1. The summed E-state index contributed by atoms with van der Waals surface area (Å²) < 4.78 is 12.3. The van der Waals surface area contributed by atoms with Gasteiger partial charge < -0.3 is 9.47 Å². The highest BCUT2D eigenvalue weighted by atomic mass is 127. The predicted octanol–water partition coefficient (Wildman–Crippen LogP) is 5.02. The molecule has 0 saturated carbocycles. The van der Waals surface area contributed by atoms with Crippen LogP contribution in [0.3, 0.4) is 0 Å². The number of halogens is 1. The molecule has 0 aliphatic carbocycles. The summed E-state index contributed by atoms with van der Waals surface area (Å²) in [5.41, 5.74) is 0. The van der Waals surface area contributed by atoms with Gasteiger partial charge in [0.2, 0.25) is 0 Å². The molecule has 0 aromatic heterocycles.